The maximum Gasteiger partial charge on any atom is 0.472 e. The number of phosphoric ester groups is 1. The number of carbonyl (C=O) groups is 2. The summed E-state index contributed by atoms with van der Waals surface area (Å²) in [6.45, 7) is 3.17. The Kier molecular flexibility index (Phi) is 40.6. The van der Waals surface area contributed by atoms with Gasteiger partial charge in [-0.15, -0.1) is 0 Å². The molecule has 0 aromatic rings. The van der Waals surface area contributed by atoms with Crippen LogP contribution in [0.3, 0.4) is 0 Å². The Balaban J connectivity index is 4.24. The monoisotopic (exact) mass is 836 g/mol. The molecule has 0 aliphatic rings. The summed E-state index contributed by atoms with van der Waals surface area (Å²) in [6, 6.07) is 0. The van der Waals surface area contributed by atoms with Crippen LogP contribution in [0.4, 0.5) is 0 Å². The molecule has 3 atom stereocenters. The van der Waals surface area contributed by atoms with E-state index in [2.05, 4.69) is 73.8 Å². The Hall–Kier alpha value is -2.59. The van der Waals surface area contributed by atoms with E-state index in [-0.39, 0.29) is 38.7 Å². The number of rotatable bonds is 41. The topological polar surface area (TPSA) is 155 Å². The largest absolute Gasteiger partial charge is 0.472 e. The molecule has 0 saturated carbocycles. The summed E-state index contributed by atoms with van der Waals surface area (Å²) < 4.78 is 32.7. The summed E-state index contributed by atoms with van der Waals surface area (Å²) in [5.74, 6) is -0.920. The van der Waals surface area contributed by atoms with Crippen LogP contribution in [0.15, 0.2) is 72.9 Å². The van der Waals surface area contributed by atoms with Crippen molar-refractivity contribution in [2.24, 2.45) is 5.73 Å². The average Bonchev–Trinajstić information content (AvgIpc) is 3.20. The third kappa shape index (κ3) is 43.0. The van der Waals surface area contributed by atoms with Gasteiger partial charge in [-0.3, -0.25) is 18.6 Å². The summed E-state index contributed by atoms with van der Waals surface area (Å²) in [4.78, 5) is 34.9. The zero-order valence-electron chi connectivity index (χ0n) is 36.4. The molecular formula is C47H82NO9P. The van der Waals surface area contributed by atoms with Crippen molar-refractivity contribution in [3.63, 3.8) is 0 Å². The molecule has 0 bridgehead atoms. The molecule has 1 unspecified atom stereocenters. The van der Waals surface area contributed by atoms with Gasteiger partial charge in [0.1, 0.15) is 6.61 Å². The van der Waals surface area contributed by atoms with E-state index in [9.17, 15) is 24.2 Å². The lowest BCUT2D eigenvalue weighted by molar-refractivity contribution is -0.161. The number of hydrogen-bond donors (Lipinski definition) is 3. The average molecular weight is 836 g/mol. The van der Waals surface area contributed by atoms with Crippen molar-refractivity contribution in [1.82, 2.24) is 0 Å². The first-order chi connectivity index (χ1) is 28.2. The van der Waals surface area contributed by atoms with Gasteiger partial charge in [-0.25, -0.2) is 4.57 Å². The van der Waals surface area contributed by atoms with E-state index in [0.29, 0.717) is 12.8 Å². The standard InChI is InChI=1S/C47H82NO9P/c1-3-4-5-6-7-8-9-10-11-12-13-14-17-21-24-27-30-33-36-39-47(51)57-45(43-56-58(52,53)55-41-40-48)42-54-46(50)38-35-32-29-26-23-20-18-15-16-19-22-25-28-31-34-37-44(2)49/h7-8,10-11,16,18-20,25-26,28-29,44-45,49H,3-6,9,12-15,17,21-24,27,30-43,48H2,1-2H3,(H,52,53)/b8-7-,11-10-,19-16-,20-18-,28-25-,29-26-/t44-,45-/m1/s1. The van der Waals surface area contributed by atoms with Crippen LogP contribution >= 0.6 is 7.82 Å². The number of ether oxygens (including phenoxy) is 2. The minimum absolute atomic E-state index is 0.0371. The van der Waals surface area contributed by atoms with Gasteiger partial charge in [-0.05, 0) is 96.8 Å². The molecular weight excluding hydrogens is 753 g/mol. The predicted molar refractivity (Wildman–Crippen MR) is 239 cm³/mol. The van der Waals surface area contributed by atoms with Gasteiger partial charge < -0.3 is 25.2 Å². The first-order valence-electron chi connectivity index (χ1n) is 22.4. The van der Waals surface area contributed by atoms with E-state index in [1.54, 1.807) is 0 Å². The minimum atomic E-state index is -4.40. The Bertz CT molecular complexity index is 1190. The molecule has 58 heavy (non-hydrogen) atoms. The quantitative estimate of drug-likeness (QED) is 0.0235. The van der Waals surface area contributed by atoms with Crippen LogP contribution in [-0.2, 0) is 32.7 Å². The number of aliphatic hydroxyl groups is 1. The van der Waals surface area contributed by atoms with Crippen LogP contribution in [0.1, 0.15) is 174 Å². The van der Waals surface area contributed by atoms with E-state index in [1.807, 2.05) is 13.0 Å². The molecule has 0 saturated heterocycles. The molecule has 0 rings (SSSR count). The number of nitrogens with two attached hydrogens (primary N) is 1. The molecule has 0 aromatic heterocycles. The van der Waals surface area contributed by atoms with Gasteiger partial charge in [0.25, 0.3) is 0 Å². The molecule has 0 aliphatic heterocycles. The van der Waals surface area contributed by atoms with Crippen LogP contribution in [0.2, 0.25) is 0 Å². The van der Waals surface area contributed by atoms with Crippen molar-refractivity contribution in [1.29, 1.82) is 0 Å². The van der Waals surface area contributed by atoms with Crippen molar-refractivity contribution < 1.29 is 42.7 Å². The van der Waals surface area contributed by atoms with Crippen LogP contribution in [-0.4, -0.2) is 60.5 Å². The number of esters is 2. The number of carbonyl (C=O) groups excluding carboxylic acids is 2. The maximum atomic E-state index is 12.6. The molecule has 334 valence electrons. The van der Waals surface area contributed by atoms with Crippen LogP contribution in [0.25, 0.3) is 0 Å². The van der Waals surface area contributed by atoms with Crippen molar-refractivity contribution in [2.45, 2.75) is 187 Å². The van der Waals surface area contributed by atoms with Gasteiger partial charge >= 0.3 is 19.8 Å². The second-order valence-electron chi connectivity index (χ2n) is 14.8. The molecule has 0 radical (unpaired) electrons. The first-order valence-corrected chi connectivity index (χ1v) is 23.9. The smallest absolute Gasteiger partial charge is 0.462 e. The highest BCUT2D eigenvalue weighted by Crippen LogP contribution is 2.43. The highest BCUT2D eigenvalue weighted by atomic mass is 31.2. The van der Waals surface area contributed by atoms with Crippen LogP contribution < -0.4 is 5.73 Å². The van der Waals surface area contributed by atoms with Gasteiger partial charge in [-0.2, -0.15) is 0 Å². The van der Waals surface area contributed by atoms with Crippen molar-refractivity contribution in [2.75, 3.05) is 26.4 Å². The fraction of sp³-hybridized carbons (Fsp3) is 0.702. The van der Waals surface area contributed by atoms with Gasteiger partial charge in [-0.1, -0.05) is 138 Å². The zero-order chi connectivity index (χ0) is 42.6. The second kappa shape index (κ2) is 42.5. The Morgan fingerprint density at radius 3 is 1.55 bits per heavy atom. The number of allylic oxidation sites excluding steroid dienone is 12. The van der Waals surface area contributed by atoms with Crippen molar-refractivity contribution >= 4 is 19.8 Å². The first kappa shape index (κ1) is 55.4. The van der Waals surface area contributed by atoms with Gasteiger partial charge in [0.2, 0.25) is 0 Å². The summed E-state index contributed by atoms with van der Waals surface area (Å²) in [5.41, 5.74) is 5.34. The third-order valence-electron chi connectivity index (χ3n) is 9.08. The molecule has 0 amide bonds. The molecule has 0 spiro atoms. The molecule has 11 heteroatoms. The summed E-state index contributed by atoms with van der Waals surface area (Å²) in [5, 5.41) is 9.27. The van der Waals surface area contributed by atoms with Crippen LogP contribution in [0.5, 0.6) is 0 Å². The predicted octanol–water partition coefficient (Wildman–Crippen LogP) is 12.0. The highest BCUT2D eigenvalue weighted by molar-refractivity contribution is 7.47. The van der Waals surface area contributed by atoms with E-state index in [1.165, 1.54) is 57.8 Å². The van der Waals surface area contributed by atoms with Crippen molar-refractivity contribution in [3.8, 4) is 0 Å². The Labute approximate surface area is 353 Å². The van der Waals surface area contributed by atoms with E-state index < -0.39 is 32.5 Å². The molecule has 0 aliphatic carbocycles. The molecule has 0 aromatic carbocycles. The number of aliphatic hydroxyl groups excluding tert-OH is 1. The zero-order valence-corrected chi connectivity index (χ0v) is 37.3. The normalized spacial score (nSPS) is 14.5. The molecule has 10 nitrogen and oxygen atoms in total. The van der Waals surface area contributed by atoms with E-state index in [0.717, 1.165) is 77.0 Å². The second-order valence-corrected chi connectivity index (χ2v) is 16.3. The van der Waals surface area contributed by atoms with E-state index in [4.69, 9.17) is 24.3 Å². The van der Waals surface area contributed by atoms with Crippen LogP contribution in [0, 0.1) is 0 Å². The fourth-order valence-electron chi connectivity index (χ4n) is 5.73. The fourth-order valence-corrected chi connectivity index (χ4v) is 6.50. The number of hydrogen-bond acceptors (Lipinski definition) is 9. The highest BCUT2D eigenvalue weighted by Gasteiger charge is 2.26. The SMILES string of the molecule is CCCCC/C=C\C/C=C\CCCCCCCCCCCC(=O)O[C@H](COC(=O)CCC/C=C\C/C=C\C/C=C\C/C=C\CCC[C@@H](C)O)COP(=O)(O)OCCN. The number of unbranched alkanes of at least 4 members (excludes halogenated alkanes) is 14. The third-order valence-corrected chi connectivity index (χ3v) is 10.1. The molecule has 0 fully saturated rings. The lowest BCUT2D eigenvalue weighted by Gasteiger charge is -2.19. The summed E-state index contributed by atoms with van der Waals surface area (Å²) in [7, 11) is -4.40. The molecule has 4 N–H and O–H groups in total. The lowest BCUT2D eigenvalue weighted by atomic mass is 10.1. The number of phosphoric acid groups is 1. The summed E-state index contributed by atoms with van der Waals surface area (Å²) >= 11 is 0. The Morgan fingerprint density at radius 2 is 1.03 bits per heavy atom. The van der Waals surface area contributed by atoms with E-state index >= 15 is 0 Å². The lowest BCUT2D eigenvalue weighted by Crippen LogP contribution is -2.29. The molecule has 0 heterocycles. The van der Waals surface area contributed by atoms with Crippen molar-refractivity contribution in [3.05, 3.63) is 72.9 Å². The maximum absolute atomic E-state index is 12.6. The van der Waals surface area contributed by atoms with Gasteiger partial charge in [0.05, 0.1) is 19.3 Å². The van der Waals surface area contributed by atoms with Gasteiger partial charge in [0, 0.05) is 19.4 Å². The van der Waals surface area contributed by atoms with Gasteiger partial charge in [0.15, 0.2) is 6.10 Å². The minimum Gasteiger partial charge on any atom is -0.462 e. The Morgan fingerprint density at radius 1 is 0.586 bits per heavy atom. The summed E-state index contributed by atoms with van der Waals surface area (Å²) in [6.07, 6.45) is 49.2.